The summed E-state index contributed by atoms with van der Waals surface area (Å²) in [6.07, 6.45) is 3.58. The summed E-state index contributed by atoms with van der Waals surface area (Å²) < 4.78 is 31.4. The zero-order chi connectivity index (χ0) is 17.6. The summed E-state index contributed by atoms with van der Waals surface area (Å²) in [4.78, 5) is 12.4. The Morgan fingerprint density at radius 3 is 2.42 bits per heavy atom. The normalized spacial score (nSPS) is 21.4. The number of ether oxygens (including phenoxy) is 1. The number of hydrogen-bond acceptors (Lipinski definition) is 5. The van der Waals surface area contributed by atoms with Crippen LogP contribution in [0.4, 0.5) is 0 Å². The van der Waals surface area contributed by atoms with E-state index >= 15 is 0 Å². The summed E-state index contributed by atoms with van der Waals surface area (Å²) in [5.41, 5.74) is 6.30. The van der Waals surface area contributed by atoms with E-state index in [1.165, 1.54) is 31.4 Å². The van der Waals surface area contributed by atoms with E-state index in [9.17, 15) is 13.2 Å². The molecule has 0 aliphatic heterocycles. The van der Waals surface area contributed by atoms with Gasteiger partial charge in [0.15, 0.2) is 0 Å². The Kier molecular flexibility index (Phi) is 6.73. The van der Waals surface area contributed by atoms with E-state index in [2.05, 4.69) is 10.0 Å². The lowest BCUT2D eigenvalue weighted by Gasteiger charge is -2.26. The van der Waals surface area contributed by atoms with Crippen molar-refractivity contribution in [1.82, 2.24) is 10.0 Å². The van der Waals surface area contributed by atoms with Crippen LogP contribution in [0.5, 0.6) is 0 Å². The number of carbonyl (C=O) groups excluding carboxylic acids is 1. The molecule has 0 atom stereocenters. The molecule has 7 nitrogen and oxygen atoms in total. The Morgan fingerprint density at radius 1 is 1.21 bits per heavy atom. The minimum atomic E-state index is -3.58. The summed E-state index contributed by atoms with van der Waals surface area (Å²) in [5.74, 6) is -0.188. The standard InChI is InChI=1S/C16H25N3O4S/c1-23-11-10-18-24(21,22)15-8-2-12(3-9-15)16(20)19-14-6-4-13(17)5-7-14/h2-3,8-9,13-14,18H,4-7,10-11,17H2,1H3,(H,19,20). The molecule has 0 saturated heterocycles. The molecule has 4 N–H and O–H groups in total. The maximum absolute atomic E-state index is 12.2. The average Bonchev–Trinajstić information content (AvgIpc) is 2.57. The fraction of sp³-hybridized carbons (Fsp3) is 0.562. The number of nitrogens with one attached hydrogen (secondary N) is 2. The van der Waals surface area contributed by atoms with Crippen molar-refractivity contribution >= 4 is 15.9 Å². The monoisotopic (exact) mass is 355 g/mol. The predicted octanol–water partition coefficient (Wildman–Crippen LogP) is 0.611. The van der Waals surface area contributed by atoms with E-state index in [1.54, 1.807) is 0 Å². The highest BCUT2D eigenvalue weighted by Crippen LogP contribution is 2.18. The van der Waals surface area contributed by atoms with Crippen molar-refractivity contribution in [2.45, 2.75) is 42.7 Å². The molecule has 0 aromatic heterocycles. The van der Waals surface area contributed by atoms with Gasteiger partial charge in [-0.2, -0.15) is 0 Å². The number of amides is 1. The second-order valence-corrected chi connectivity index (χ2v) is 7.77. The summed E-state index contributed by atoms with van der Waals surface area (Å²) in [6.45, 7) is 0.496. The number of sulfonamides is 1. The third-order valence-electron chi connectivity index (χ3n) is 4.13. The van der Waals surface area contributed by atoms with Gasteiger partial charge in [-0.25, -0.2) is 13.1 Å². The van der Waals surface area contributed by atoms with Crippen molar-refractivity contribution in [3.63, 3.8) is 0 Å². The fourth-order valence-corrected chi connectivity index (χ4v) is 3.69. The molecule has 0 heterocycles. The van der Waals surface area contributed by atoms with E-state index in [0.29, 0.717) is 12.2 Å². The number of hydrogen-bond donors (Lipinski definition) is 3. The van der Waals surface area contributed by atoms with Gasteiger partial charge in [0, 0.05) is 31.3 Å². The minimum Gasteiger partial charge on any atom is -0.383 e. The molecule has 0 bridgehead atoms. The van der Waals surface area contributed by atoms with Crippen LogP contribution in [-0.4, -0.2) is 46.7 Å². The van der Waals surface area contributed by atoms with Crippen LogP contribution in [0.3, 0.4) is 0 Å². The zero-order valence-corrected chi connectivity index (χ0v) is 14.6. The van der Waals surface area contributed by atoms with Crippen LogP contribution in [-0.2, 0) is 14.8 Å². The molecule has 1 aromatic rings. The Hall–Kier alpha value is -1.48. The van der Waals surface area contributed by atoms with Gasteiger partial charge in [-0.1, -0.05) is 0 Å². The first-order valence-corrected chi connectivity index (χ1v) is 9.56. The number of nitrogens with two attached hydrogens (primary N) is 1. The first-order valence-electron chi connectivity index (χ1n) is 8.07. The van der Waals surface area contributed by atoms with Gasteiger partial charge in [0.05, 0.1) is 11.5 Å². The molecule has 2 rings (SSSR count). The molecule has 24 heavy (non-hydrogen) atoms. The smallest absolute Gasteiger partial charge is 0.251 e. The molecule has 0 radical (unpaired) electrons. The highest BCUT2D eigenvalue weighted by atomic mass is 32.2. The van der Waals surface area contributed by atoms with Crippen molar-refractivity contribution in [2.75, 3.05) is 20.3 Å². The topological polar surface area (TPSA) is 111 Å². The van der Waals surface area contributed by atoms with Gasteiger partial charge in [0.25, 0.3) is 5.91 Å². The maximum atomic E-state index is 12.2. The van der Waals surface area contributed by atoms with Gasteiger partial charge in [0.2, 0.25) is 10.0 Å². The predicted molar refractivity (Wildman–Crippen MR) is 91.2 cm³/mol. The minimum absolute atomic E-state index is 0.124. The molecule has 1 aliphatic rings. The SMILES string of the molecule is COCCNS(=O)(=O)c1ccc(C(=O)NC2CCC(N)CC2)cc1. The zero-order valence-electron chi connectivity index (χ0n) is 13.8. The molecule has 8 heteroatoms. The van der Waals surface area contributed by atoms with Gasteiger partial charge in [-0.15, -0.1) is 0 Å². The van der Waals surface area contributed by atoms with Gasteiger partial charge < -0.3 is 15.8 Å². The Labute approximate surface area is 143 Å². The molecule has 1 amide bonds. The van der Waals surface area contributed by atoms with Crippen molar-refractivity contribution in [3.05, 3.63) is 29.8 Å². The van der Waals surface area contributed by atoms with Gasteiger partial charge in [0.1, 0.15) is 0 Å². The van der Waals surface area contributed by atoms with Crippen LogP contribution in [0.1, 0.15) is 36.0 Å². The average molecular weight is 355 g/mol. The number of carbonyl (C=O) groups is 1. The van der Waals surface area contributed by atoms with E-state index < -0.39 is 10.0 Å². The number of benzene rings is 1. The molecule has 1 saturated carbocycles. The summed E-state index contributed by atoms with van der Waals surface area (Å²) in [7, 11) is -2.08. The van der Waals surface area contributed by atoms with Crippen LogP contribution >= 0.6 is 0 Å². The third kappa shape index (κ3) is 5.27. The first kappa shape index (κ1) is 18.9. The molecule has 1 fully saturated rings. The molecular formula is C16H25N3O4S. The Bertz CT molecular complexity index is 638. The van der Waals surface area contributed by atoms with Crippen molar-refractivity contribution in [2.24, 2.45) is 5.73 Å². The van der Waals surface area contributed by atoms with Crippen molar-refractivity contribution in [3.8, 4) is 0 Å². The summed E-state index contributed by atoms with van der Waals surface area (Å²) >= 11 is 0. The van der Waals surface area contributed by atoms with E-state index in [1.807, 2.05) is 0 Å². The second-order valence-electron chi connectivity index (χ2n) is 6.00. The number of methoxy groups -OCH3 is 1. The van der Waals surface area contributed by atoms with E-state index in [4.69, 9.17) is 10.5 Å². The fourth-order valence-electron chi connectivity index (χ4n) is 2.68. The van der Waals surface area contributed by atoms with Crippen molar-refractivity contribution < 1.29 is 17.9 Å². The Morgan fingerprint density at radius 2 is 1.83 bits per heavy atom. The molecule has 1 aliphatic carbocycles. The summed E-state index contributed by atoms with van der Waals surface area (Å²) in [6, 6.07) is 6.27. The Balaban J connectivity index is 1.94. The highest BCUT2D eigenvalue weighted by Gasteiger charge is 2.21. The number of rotatable bonds is 7. The molecular weight excluding hydrogens is 330 g/mol. The first-order chi connectivity index (χ1) is 11.4. The van der Waals surface area contributed by atoms with Crippen LogP contribution < -0.4 is 15.8 Å². The molecule has 0 spiro atoms. The molecule has 1 aromatic carbocycles. The largest absolute Gasteiger partial charge is 0.383 e. The van der Waals surface area contributed by atoms with Gasteiger partial charge in [-0.05, 0) is 49.9 Å². The highest BCUT2D eigenvalue weighted by molar-refractivity contribution is 7.89. The van der Waals surface area contributed by atoms with E-state index in [0.717, 1.165) is 25.7 Å². The van der Waals surface area contributed by atoms with Crippen molar-refractivity contribution in [1.29, 1.82) is 0 Å². The van der Waals surface area contributed by atoms with E-state index in [-0.39, 0.29) is 29.4 Å². The second kappa shape index (κ2) is 8.57. The lowest BCUT2D eigenvalue weighted by atomic mass is 9.91. The molecule has 134 valence electrons. The van der Waals surface area contributed by atoms with Crippen LogP contribution in [0.25, 0.3) is 0 Å². The maximum Gasteiger partial charge on any atom is 0.251 e. The quantitative estimate of drug-likeness (QED) is 0.621. The van der Waals surface area contributed by atoms with Gasteiger partial charge >= 0.3 is 0 Å². The molecule has 0 unspecified atom stereocenters. The lowest BCUT2D eigenvalue weighted by molar-refractivity contribution is 0.0926. The van der Waals surface area contributed by atoms with Crippen LogP contribution in [0.2, 0.25) is 0 Å². The van der Waals surface area contributed by atoms with Crippen LogP contribution in [0.15, 0.2) is 29.2 Å². The summed E-state index contributed by atoms with van der Waals surface area (Å²) in [5, 5.41) is 2.98. The third-order valence-corrected chi connectivity index (χ3v) is 5.61. The lowest BCUT2D eigenvalue weighted by Crippen LogP contribution is -2.40. The van der Waals surface area contributed by atoms with Crippen LogP contribution in [0, 0.1) is 0 Å². The van der Waals surface area contributed by atoms with Gasteiger partial charge in [-0.3, -0.25) is 4.79 Å².